The van der Waals surface area contributed by atoms with Crippen molar-refractivity contribution in [2.45, 2.75) is 25.0 Å². The number of methoxy groups -OCH3 is 1. The first-order chi connectivity index (χ1) is 19.1. The fourth-order valence-corrected chi connectivity index (χ4v) is 4.77. The van der Waals surface area contributed by atoms with Crippen LogP contribution in [0.1, 0.15) is 12.5 Å². The molecule has 0 N–H and O–H groups in total. The first-order valence-electron chi connectivity index (χ1n) is 12.6. The van der Waals surface area contributed by atoms with Gasteiger partial charge in [-0.05, 0) is 59.9 Å². The number of benzene rings is 2. The van der Waals surface area contributed by atoms with Crippen molar-refractivity contribution in [2.75, 3.05) is 44.8 Å². The van der Waals surface area contributed by atoms with Crippen molar-refractivity contribution in [3.8, 4) is 11.8 Å². The zero-order valence-electron chi connectivity index (χ0n) is 21.9. The lowest BCUT2D eigenvalue weighted by atomic mass is 10.1. The van der Waals surface area contributed by atoms with Crippen molar-refractivity contribution in [1.82, 2.24) is 14.5 Å². The van der Waals surface area contributed by atoms with Crippen LogP contribution in [0.15, 0.2) is 60.6 Å². The SMILES string of the molecule is CO[C@@](F)(/C(F)=C/c1ccc(F)cc1)N1CCN(c2ccc(OCC3(C)Cn4cc([N+](=O)[O-])nc4O3)cc2)CC1. The van der Waals surface area contributed by atoms with Crippen molar-refractivity contribution in [3.63, 3.8) is 0 Å². The largest absolute Gasteiger partial charge is 0.489 e. The Bertz CT molecular complexity index is 1370. The number of fused-ring (bicyclic) bond motifs is 1. The highest BCUT2D eigenvalue weighted by Crippen LogP contribution is 2.34. The van der Waals surface area contributed by atoms with Gasteiger partial charge in [0.25, 0.3) is 0 Å². The number of hydrogen-bond donors (Lipinski definition) is 0. The predicted molar refractivity (Wildman–Crippen MR) is 140 cm³/mol. The number of rotatable bonds is 9. The van der Waals surface area contributed by atoms with Gasteiger partial charge in [-0.15, -0.1) is 0 Å². The summed E-state index contributed by atoms with van der Waals surface area (Å²) in [4.78, 5) is 17.5. The molecule has 2 aliphatic heterocycles. The van der Waals surface area contributed by atoms with Crippen LogP contribution in [0.25, 0.3) is 6.08 Å². The van der Waals surface area contributed by atoms with E-state index in [-0.39, 0.29) is 31.5 Å². The summed E-state index contributed by atoms with van der Waals surface area (Å²) in [5.41, 5.74) is 0.488. The van der Waals surface area contributed by atoms with Crippen LogP contribution in [0.4, 0.5) is 24.7 Å². The molecule has 0 amide bonds. The Hall–Kier alpha value is -4.10. The molecular formula is C27H28F3N5O5. The van der Waals surface area contributed by atoms with Gasteiger partial charge in [-0.25, -0.2) is 13.7 Å². The van der Waals surface area contributed by atoms with Gasteiger partial charge in [0.05, 0.1) is 6.54 Å². The maximum atomic E-state index is 15.6. The van der Waals surface area contributed by atoms with Crippen molar-refractivity contribution in [3.05, 3.63) is 82.0 Å². The summed E-state index contributed by atoms with van der Waals surface area (Å²) in [5, 5.41) is 10.9. The van der Waals surface area contributed by atoms with Gasteiger partial charge in [0.15, 0.2) is 11.4 Å². The zero-order valence-corrected chi connectivity index (χ0v) is 21.9. The third kappa shape index (κ3) is 5.61. The maximum absolute atomic E-state index is 15.6. The Morgan fingerprint density at radius 3 is 2.45 bits per heavy atom. The van der Waals surface area contributed by atoms with Crippen LogP contribution in [0.5, 0.6) is 11.8 Å². The average molecular weight is 560 g/mol. The molecule has 5 rings (SSSR count). The highest BCUT2D eigenvalue weighted by molar-refractivity contribution is 5.53. The summed E-state index contributed by atoms with van der Waals surface area (Å²) in [6.45, 7) is 3.68. The number of nitro groups is 1. The number of ether oxygens (including phenoxy) is 3. The molecular weight excluding hydrogens is 531 g/mol. The molecule has 1 fully saturated rings. The molecule has 0 aliphatic carbocycles. The van der Waals surface area contributed by atoms with Gasteiger partial charge in [0.2, 0.25) is 0 Å². The Morgan fingerprint density at radius 2 is 1.85 bits per heavy atom. The lowest BCUT2D eigenvalue weighted by molar-refractivity contribution is -0.389. The van der Waals surface area contributed by atoms with E-state index in [0.717, 1.165) is 18.9 Å². The maximum Gasteiger partial charge on any atom is 0.415 e. The van der Waals surface area contributed by atoms with E-state index in [0.29, 0.717) is 30.9 Å². The number of halogens is 3. The number of anilines is 1. The third-order valence-electron chi connectivity index (χ3n) is 6.92. The molecule has 0 spiro atoms. The minimum absolute atomic E-state index is 0.184. The molecule has 1 aromatic heterocycles. The first kappa shape index (κ1) is 27.5. The second-order valence-electron chi connectivity index (χ2n) is 9.88. The van der Waals surface area contributed by atoms with Crippen LogP contribution in [-0.2, 0) is 11.3 Å². The zero-order chi connectivity index (χ0) is 28.5. The third-order valence-corrected chi connectivity index (χ3v) is 6.92. The van der Waals surface area contributed by atoms with E-state index in [1.807, 2.05) is 36.1 Å². The normalized spacial score (nSPS) is 21.0. The van der Waals surface area contributed by atoms with Crippen LogP contribution >= 0.6 is 0 Å². The van der Waals surface area contributed by atoms with E-state index in [1.165, 1.54) is 35.4 Å². The Balaban J connectivity index is 1.15. The monoisotopic (exact) mass is 559 g/mol. The molecule has 3 heterocycles. The molecule has 0 saturated carbocycles. The predicted octanol–water partition coefficient (Wildman–Crippen LogP) is 4.56. The molecule has 40 heavy (non-hydrogen) atoms. The van der Waals surface area contributed by atoms with Gasteiger partial charge in [-0.2, -0.15) is 4.39 Å². The summed E-state index contributed by atoms with van der Waals surface area (Å²) < 4.78 is 62.0. The van der Waals surface area contributed by atoms with Crippen molar-refractivity contribution < 1.29 is 32.3 Å². The molecule has 2 atom stereocenters. The van der Waals surface area contributed by atoms with Crippen LogP contribution < -0.4 is 14.4 Å². The van der Waals surface area contributed by atoms with E-state index in [9.17, 15) is 18.9 Å². The van der Waals surface area contributed by atoms with Gasteiger partial charge in [-0.3, -0.25) is 4.57 Å². The Labute approximate surface area is 228 Å². The van der Waals surface area contributed by atoms with Crippen LogP contribution in [0.3, 0.4) is 0 Å². The topological polar surface area (TPSA) is 95.1 Å². The molecule has 13 heteroatoms. The molecule has 0 bridgehead atoms. The standard InChI is InChI=1S/C27H28F3N5O5/c1-26(17-33-16-24(35(36)37)31-25(33)40-26)18-39-22-9-7-21(8-10-22)32-11-13-34(14-12-32)27(30,38-2)23(29)15-19-3-5-20(28)6-4-19/h3-10,15-16H,11-14,17-18H2,1-2H3/b23-15-/t26?,27-/m1/s1. The summed E-state index contributed by atoms with van der Waals surface area (Å²) >= 11 is 0. The van der Waals surface area contributed by atoms with E-state index >= 15 is 4.39 Å². The highest BCUT2D eigenvalue weighted by Gasteiger charge is 2.44. The van der Waals surface area contributed by atoms with Crippen molar-refractivity contribution in [1.29, 1.82) is 0 Å². The molecule has 212 valence electrons. The summed E-state index contributed by atoms with van der Waals surface area (Å²) in [6.07, 6.45) is 2.34. The van der Waals surface area contributed by atoms with E-state index < -0.39 is 28.1 Å². The van der Waals surface area contributed by atoms with Crippen molar-refractivity contribution >= 4 is 17.6 Å². The minimum atomic E-state index is -2.74. The fraction of sp³-hybridized carbons (Fsp3) is 0.370. The van der Waals surface area contributed by atoms with Gasteiger partial charge in [-0.1, -0.05) is 12.1 Å². The second kappa shape index (κ2) is 10.8. The number of aromatic nitrogens is 2. The second-order valence-corrected chi connectivity index (χ2v) is 9.88. The molecule has 1 saturated heterocycles. The first-order valence-corrected chi connectivity index (χ1v) is 12.6. The van der Waals surface area contributed by atoms with Crippen molar-refractivity contribution in [2.24, 2.45) is 0 Å². The number of alkyl halides is 1. The minimum Gasteiger partial charge on any atom is -0.489 e. The van der Waals surface area contributed by atoms with E-state index in [2.05, 4.69) is 4.98 Å². The summed E-state index contributed by atoms with van der Waals surface area (Å²) in [7, 11) is 1.11. The number of hydrogen-bond acceptors (Lipinski definition) is 8. The van der Waals surface area contributed by atoms with Gasteiger partial charge in [0, 0.05) is 44.0 Å². The van der Waals surface area contributed by atoms with Crippen LogP contribution in [0.2, 0.25) is 0 Å². The Kier molecular flexibility index (Phi) is 7.43. The number of imidazole rings is 1. The van der Waals surface area contributed by atoms with Crippen LogP contribution in [0, 0.1) is 15.9 Å². The number of piperazine rings is 1. The quantitative estimate of drug-likeness (QED) is 0.214. The Morgan fingerprint density at radius 1 is 1.18 bits per heavy atom. The molecule has 0 radical (unpaired) electrons. The van der Waals surface area contributed by atoms with Gasteiger partial charge < -0.3 is 29.2 Å². The summed E-state index contributed by atoms with van der Waals surface area (Å²) in [5.74, 6) is -3.97. The van der Waals surface area contributed by atoms with E-state index in [4.69, 9.17) is 14.2 Å². The van der Waals surface area contributed by atoms with Gasteiger partial charge in [0.1, 0.15) is 24.4 Å². The lowest BCUT2D eigenvalue weighted by Crippen LogP contribution is -2.56. The number of nitrogens with zero attached hydrogens (tertiary/aromatic N) is 5. The van der Waals surface area contributed by atoms with Crippen LogP contribution in [-0.4, -0.2) is 70.8 Å². The summed E-state index contributed by atoms with van der Waals surface area (Å²) in [6, 6.07) is 12.6. The van der Waals surface area contributed by atoms with Gasteiger partial charge >= 0.3 is 17.8 Å². The fourth-order valence-electron chi connectivity index (χ4n) is 4.77. The average Bonchev–Trinajstić information content (AvgIpc) is 3.49. The lowest BCUT2D eigenvalue weighted by Gasteiger charge is -2.41. The molecule has 2 aromatic carbocycles. The molecule has 3 aromatic rings. The highest BCUT2D eigenvalue weighted by atomic mass is 19.2. The van der Waals surface area contributed by atoms with E-state index in [1.54, 1.807) is 4.57 Å². The smallest absolute Gasteiger partial charge is 0.415 e. The molecule has 2 aliphatic rings. The molecule has 10 nitrogen and oxygen atoms in total. The molecule has 1 unspecified atom stereocenters.